The van der Waals surface area contributed by atoms with Gasteiger partial charge in [0.25, 0.3) is 10.0 Å². The van der Waals surface area contributed by atoms with Crippen LogP contribution in [0.4, 0.5) is 5.69 Å². The van der Waals surface area contributed by atoms with Crippen molar-refractivity contribution in [2.45, 2.75) is 18.7 Å². The molecule has 0 unspecified atom stereocenters. The van der Waals surface area contributed by atoms with Gasteiger partial charge in [-0.1, -0.05) is 18.2 Å². The second-order valence-electron chi connectivity index (χ2n) is 8.49. The third kappa shape index (κ3) is 4.85. The molecule has 3 aromatic heterocycles. The van der Waals surface area contributed by atoms with Crippen molar-refractivity contribution in [1.82, 2.24) is 20.2 Å². The van der Waals surface area contributed by atoms with Gasteiger partial charge in [-0.05, 0) is 55.8 Å². The molecule has 0 saturated carbocycles. The number of aryl methyl sites for hydroxylation is 2. The van der Waals surface area contributed by atoms with Crippen molar-refractivity contribution < 1.29 is 17.9 Å². The van der Waals surface area contributed by atoms with Crippen LogP contribution in [0, 0.1) is 25.2 Å². The van der Waals surface area contributed by atoms with Crippen LogP contribution in [-0.4, -0.2) is 35.7 Å². The highest BCUT2D eigenvalue weighted by atomic mass is 32.2. The third-order valence-electron chi connectivity index (χ3n) is 5.80. The zero-order valence-corrected chi connectivity index (χ0v) is 21.5. The van der Waals surface area contributed by atoms with E-state index in [1.165, 1.54) is 19.2 Å². The molecular formula is C27H22N6O4S. The van der Waals surface area contributed by atoms with E-state index in [0.29, 0.717) is 34.4 Å². The van der Waals surface area contributed by atoms with E-state index in [2.05, 4.69) is 19.9 Å². The first-order chi connectivity index (χ1) is 18.3. The number of aromatic nitrogens is 4. The van der Waals surface area contributed by atoms with E-state index in [-0.39, 0.29) is 10.5 Å². The smallest absolute Gasteiger partial charge is 0.263 e. The Hall–Kier alpha value is -4.95. The molecule has 0 bridgehead atoms. The van der Waals surface area contributed by atoms with Gasteiger partial charge < -0.3 is 9.47 Å². The van der Waals surface area contributed by atoms with Gasteiger partial charge in [0.05, 0.1) is 35.5 Å². The number of benzene rings is 2. The maximum atomic E-state index is 13.0. The Morgan fingerprint density at radius 2 is 1.82 bits per heavy atom. The number of aromatic amines is 1. The summed E-state index contributed by atoms with van der Waals surface area (Å²) < 4.78 is 39.7. The maximum Gasteiger partial charge on any atom is 0.263 e. The van der Waals surface area contributed by atoms with E-state index in [1.54, 1.807) is 55.6 Å². The monoisotopic (exact) mass is 526 g/mol. The Morgan fingerprint density at radius 3 is 2.50 bits per heavy atom. The van der Waals surface area contributed by atoms with Crippen molar-refractivity contribution in [1.29, 1.82) is 5.26 Å². The molecule has 0 fully saturated rings. The molecule has 3 heterocycles. The summed E-state index contributed by atoms with van der Waals surface area (Å²) in [6.07, 6.45) is 1.54. The third-order valence-corrected chi connectivity index (χ3v) is 7.22. The van der Waals surface area contributed by atoms with Crippen molar-refractivity contribution in [2.24, 2.45) is 0 Å². The highest BCUT2D eigenvalue weighted by Crippen LogP contribution is 2.33. The van der Waals surface area contributed by atoms with E-state index >= 15 is 0 Å². The van der Waals surface area contributed by atoms with Gasteiger partial charge in [0.15, 0.2) is 0 Å². The Kier molecular flexibility index (Phi) is 6.40. The number of hydrogen-bond donors (Lipinski definition) is 2. The Bertz CT molecular complexity index is 1790. The first kappa shape index (κ1) is 24.7. The minimum absolute atomic E-state index is 0.0695. The molecule has 38 heavy (non-hydrogen) atoms. The lowest BCUT2D eigenvalue weighted by atomic mass is 10.1. The van der Waals surface area contributed by atoms with Gasteiger partial charge >= 0.3 is 0 Å². The average Bonchev–Trinajstić information content (AvgIpc) is 3.30. The summed E-state index contributed by atoms with van der Waals surface area (Å²) in [5.74, 6) is 1.30. The second kappa shape index (κ2) is 9.84. The van der Waals surface area contributed by atoms with Crippen LogP contribution >= 0.6 is 0 Å². The van der Waals surface area contributed by atoms with Crippen LogP contribution in [-0.2, 0) is 10.0 Å². The number of sulfonamides is 1. The topological polar surface area (TPSA) is 143 Å². The number of pyridine rings is 2. The molecule has 0 aliphatic heterocycles. The summed E-state index contributed by atoms with van der Waals surface area (Å²) in [6, 6.07) is 18.6. The fourth-order valence-electron chi connectivity index (χ4n) is 3.89. The van der Waals surface area contributed by atoms with Crippen LogP contribution in [0.5, 0.6) is 17.5 Å². The highest BCUT2D eigenvalue weighted by molar-refractivity contribution is 7.92. The molecule has 2 N–H and O–H groups in total. The lowest BCUT2D eigenvalue weighted by Gasteiger charge is -2.12. The number of ether oxygens (including phenoxy) is 2. The number of hydrogen-bond acceptors (Lipinski definition) is 8. The summed E-state index contributed by atoms with van der Waals surface area (Å²) in [5.41, 5.74) is 3.92. The summed E-state index contributed by atoms with van der Waals surface area (Å²) >= 11 is 0. The summed E-state index contributed by atoms with van der Waals surface area (Å²) in [4.78, 5) is 8.81. The van der Waals surface area contributed by atoms with Gasteiger partial charge in [-0.3, -0.25) is 9.82 Å². The van der Waals surface area contributed by atoms with Crippen LogP contribution in [0.1, 0.15) is 16.8 Å². The van der Waals surface area contributed by atoms with E-state index < -0.39 is 10.0 Å². The lowest BCUT2D eigenvalue weighted by molar-refractivity contribution is 0.394. The van der Waals surface area contributed by atoms with Gasteiger partial charge in [-0.15, -0.1) is 0 Å². The fraction of sp³-hybridized carbons (Fsp3) is 0.111. The molecule has 0 saturated heterocycles. The van der Waals surface area contributed by atoms with Gasteiger partial charge in [0, 0.05) is 23.0 Å². The number of nitriles is 1. The van der Waals surface area contributed by atoms with E-state index in [0.717, 1.165) is 22.2 Å². The van der Waals surface area contributed by atoms with Crippen LogP contribution in [0.25, 0.3) is 22.2 Å². The minimum atomic E-state index is -3.97. The van der Waals surface area contributed by atoms with E-state index in [4.69, 9.17) is 14.5 Å². The predicted octanol–water partition coefficient (Wildman–Crippen LogP) is 5.11. The number of anilines is 1. The zero-order valence-electron chi connectivity index (χ0n) is 20.7. The van der Waals surface area contributed by atoms with Crippen molar-refractivity contribution in [3.8, 4) is 34.8 Å². The average molecular weight is 527 g/mol. The molecule has 5 rings (SSSR count). The van der Waals surface area contributed by atoms with Crippen LogP contribution in [0.15, 0.2) is 71.8 Å². The number of H-pyrrole nitrogens is 1. The summed E-state index contributed by atoms with van der Waals surface area (Å²) in [6.45, 7) is 3.64. The van der Waals surface area contributed by atoms with Crippen LogP contribution in [0.3, 0.4) is 0 Å². The predicted molar refractivity (Wildman–Crippen MR) is 142 cm³/mol. The molecule has 0 atom stereocenters. The number of rotatable bonds is 7. The largest absolute Gasteiger partial charge is 0.481 e. The van der Waals surface area contributed by atoms with Crippen molar-refractivity contribution in [2.75, 3.05) is 11.8 Å². The quantitative estimate of drug-likeness (QED) is 0.298. The normalized spacial score (nSPS) is 11.2. The zero-order chi connectivity index (χ0) is 26.9. The molecule has 190 valence electrons. The van der Waals surface area contributed by atoms with Gasteiger partial charge in [0.1, 0.15) is 16.7 Å². The van der Waals surface area contributed by atoms with Crippen LogP contribution < -0.4 is 14.2 Å². The van der Waals surface area contributed by atoms with Gasteiger partial charge in [0.2, 0.25) is 11.8 Å². The Morgan fingerprint density at radius 1 is 1.03 bits per heavy atom. The Labute approximate surface area is 219 Å². The van der Waals surface area contributed by atoms with Crippen LogP contribution in [0.2, 0.25) is 0 Å². The highest BCUT2D eigenvalue weighted by Gasteiger charge is 2.20. The number of nitrogens with one attached hydrogen (secondary N) is 2. The number of nitrogens with zero attached hydrogens (tertiary/aromatic N) is 4. The van der Waals surface area contributed by atoms with Crippen molar-refractivity contribution in [3.05, 3.63) is 83.7 Å². The molecule has 0 aliphatic rings. The first-order valence-corrected chi connectivity index (χ1v) is 12.9. The Balaban J connectivity index is 1.46. The van der Waals surface area contributed by atoms with Crippen molar-refractivity contribution in [3.63, 3.8) is 0 Å². The lowest BCUT2D eigenvalue weighted by Crippen LogP contribution is -2.14. The SMILES string of the molecule is COc1ccc(Oc2nc(-c3ccc(NS(=O)(=O)c4cc(C)ccc4C#N)cc3)cc3n[nH]c(C)c23)cn1. The molecule has 0 aliphatic carbocycles. The maximum absolute atomic E-state index is 13.0. The molecule has 0 spiro atoms. The van der Waals surface area contributed by atoms with Gasteiger partial charge in [-0.2, -0.15) is 10.4 Å². The fourth-order valence-corrected chi connectivity index (χ4v) is 5.19. The molecule has 2 aromatic carbocycles. The summed E-state index contributed by atoms with van der Waals surface area (Å²) in [7, 11) is -2.43. The summed E-state index contributed by atoms with van der Waals surface area (Å²) in [5, 5.41) is 17.4. The minimum Gasteiger partial charge on any atom is -0.481 e. The first-order valence-electron chi connectivity index (χ1n) is 11.4. The standard InChI is InChI=1S/C27H22N6O4S/c1-16-4-5-19(14-28)24(12-16)38(34,35)33-20-8-6-18(7-9-20)22-13-23-26(17(2)31-32-23)27(30-22)37-21-10-11-25(36-3)29-15-21/h4-13,15,33H,1-3H3,(H,31,32). The van der Waals surface area contributed by atoms with E-state index in [9.17, 15) is 13.7 Å². The molecule has 11 heteroatoms. The van der Waals surface area contributed by atoms with E-state index in [1.807, 2.05) is 19.1 Å². The molecule has 0 radical (unpaired) electrons. The molecule has 10 nitrogen and oxygen atoms in total. The number of fused-ring (bicyclic) bond motifs is 1. The second-order valence-corrected chi connectivity index (χ2v) is 10.1. The molecule has 0 amide bonds. The molecular weight excluding hydrogens is 504 g/mol. The van der Waals surface area contributed by atoms with Gasteiger partial charge in [-0.25, -0.2) is 18.4 Å². The molecule has 5 aromatic rings. The van der Waals surface area contributed by atoms with Crippen molar-refractivity contribution >= 4 is 26.6 Å². The number of methoxy groups -OCH3 is 1.